The highest BCUT2D eigenvalue weighted by atomic mass is 32.2. The minimum Gasteiger partial charge on any atom is -0.465 e. The average molecular weight is 300 g/mol. The molecule has 0 saturated heterocycles. The fraction of sp³-hybridized carbons (Fsp3) is 0.714. The maximum Gasteiger partial charge on any atom is 0.244 e. The quantitative estimate of drug-likeness (QED) is 0.845. The largest absolute Gasteiger partial charge is 0.465 e. The number of nitrogens with one attached hydrogen (secondary N) is 2. The van der Waals surface area contributed by atoms with Gasteiger partial charge in [0.25, 0.3) is 0 Å². The van der Waals surface area contributed by atoms with E-state index in [4.69, 9.17) is 4.42 Å². The summed E-state index contributed by atoms with van der Waals surface area (Å²) in [5, 5.41) is 3.26. The molecule has 1 aromatic heterocycles. The van der Waals surface area contributed by atoms with Gasteiger partial charge in [0.15, 0.2) is 0 Å². The molecule has 20 heavy (non-hydrogen) atoms. The summed E-state index contributed by atoms with van der Waals surface area (Å²) in [6.45, 7) is 8.09. The number of rotatable bonds is 6. The van der Waals surface area contributed by atoms with Gasteiger partial charge in [0.05, 0.1) is 0 Å². The van der Waals surface area contributed by atoms with Crippen LogP contribution in [0.5, 0.6) is 0 Å². The van der Waals surface area contributed by atoms with E-state index in [1.165, 1.54) is 0 Å². The van der Waals surface area contributed by atoms with Gasteiger partial charge in [-0.05, 0) is 26.7 Å². The van der Waals surface area contributed by atoms with Crippen molar-refractivity contribution in [2.75, 3.05) is 0 Å². The van der Waals surface area contributed by atoms with Crippen molar-refractivity contribution in [1.29, 1.82) is 0 Å². The maximum atomic E-state index is 12.5. The van der Waals surface area contributed by atoms with Crippen molar-refractivity contribution in [2.24, 2.45) is 0 Å². The first kappa shape index (κ1) is 15.5. The molecule has 1 aliphatic carbocycles. The van der Waals surface area contributed by atoms with E-state index < -0.39 is 10.0 Å². The van der Waals surface area contributed by atoms with Crippen LogP contribution in [-0.2, 0) is 16.6 Å². The Morgan fingerprint density at radius 2 is 1.90 bits per heavy atom. The lowest BCUT2D eigenvalue weighted by molar-refractivity contribution is 0.383. The van der Waals surface area contributed by atoms with E-state index in [1.54, 1.807) is 6.92 Å². The van der Waals surface area contributed by atoms with Crippen molar-refractivity contribution in [3.05, 3.63) is 17.1 Å². The van der Waals surface area contributed by atoms with Gasteiger partial charge in [-0.2, -0.15) is 0 Å². The molecule has 0 aliphatic heterocycles. The first-order valence-electron chi connectivity index (χ1n) is 7.16. The van der Waals surface area contributed by atoms with E-state index in [0.29, 0.717) is 29.0 Å². The maximum absolute atomic E-state index is 12.5. The Labute approximate surface area is 121 Å². The number of aryl methyl sites for hydroxylation is 2. The van der Waals surface area contributed by atoms with Gasteiger partial charge in [0.1, 0.15) is 16.4 Å². The first-order chi connectivity index (χ1) is 9.31. The van der Waals surface area contributed by atoms with Crippen LogP contribution in [0.4, 0.5) is 0 Å². The Morgan fingerprint density at radius 3 is 2.40 bits per heavy atom. The molecule has 1 heterocycles. The van der Waals surface area contributed by atoms with E-state index in [1.807, 2.05) is 20.8 Å². The number of hydrogen-bond acceptors (Lipinski definition) is 4. The molecule has 0 spiro atoms. The van der Waals surface area contributed by atoms with Crippen molar-refractivity contribution in [2.45, 2.75) is 70.5 Å². The molecule has 0 amide bonds. The summed E-state index contributed by atoms with van der Waals surface area (Å²) in [5.41, 5.74) is 0.739. The zero-order valence-electron chi connectivity index (χ0n) is 12.6. The number of hydrogen-bond donors (Lipinski definition) is 2. The lowest BCUT2D eigenvalue weighted by atomic mass is 9.94. The summed E-state index contributed by atoms with van der Waals surface area (Å²) in [5.74, 6) is 1.14. The van der Waals surface area contributed by atoms with E-state index in [0.717, 1.165) is 24.8 Å². The molecule has 1 fully saturated rings. The minimum atomic E-state index is -3.49. The topological polar surface area (TPSA) is 71.3 Å². The predicted molar refractivity (Wildman–Crippen MR) is 78.1 cm³/mol. The van der Waals surface area contributed by atoms with Gasteiger partial charge in [0.2, 0.25) is 10.0 Å². The van der Waals surface area contributed by atoms with Crippen LogP contribution >= 0.6 is 0 Å². The second-order valence-corrected chi connectivity index (χ2v) is 7.46. The second-order valence-electron chi connectivity index (χ2n) is 5.81. The highest BCUT2D eigenvalue weighted by Gasteiger charge is 2.30. The Balaban J connectivity index is 2.28. The molecular weight excluding hydrogens is 276 g/mol. The lowest BCUT2D eigenvalue weighted by Crippen LogP contribution is -2.40. The van der Waals surface area contributed by atoms with Crippen LogP contribution in [0.2, 0.25) is 0 Å². The lowest BCUT2D eigenvalue weighted by Gasteiger charge is -2.26. The SMILES string of the molecule is Cc1oc(C)c(S(=O)(=O)NC2CCC2)c1CNC(C)C. The zero-order chi connectivity index (χ0) is 14.9. The molecule has 1 aromatic rings. The molecule has 0 atom stereocenters. The second kappa shape index (κ2) is 5.87. The Hall–Kier alpha value is -0.850. The molecule has 0 unspecified atom stereocenters. The fourth-order valence-electron chi connectivity index (χ4n) is 2.38. The van der Waals surface area contributed by atoms with Gasteiger partial charge < -0.3 is 9.73 Å². The van der Waals surface area contributed by atoms with Gasteiger partial charge >= 0.3 is 0 Å². The van der Waals surface area contributed by atoms with Gasteiger partial charge in [-0.25, -0.2) is 13.1 Å². The summed E-state index contributed by atoms with van der Waals surface area (Å²) in [6, 6.07) is 0.375. The molecule has 5 nitrogen and oxygen atoms in total. The molecule has 2 rings (SSSR count). The van der Waals surface area contributed by atoms with Crippen molar-refractivity contribution < 1.29 is 12.8 Å². The van der Waals surface area contributed by atoms with Gasteiger partial charge in [-0.1, -0.05) is 20.3 Å². The van der Waals surface area contributed by atoms with E-state index in [-0.39, 0.29) is 6.04 Å². The van der Waals surface area contributed by atoms with Gasteiger partial charge in [-0.15, -0.1) is 0 Å². The van der Waals surface area contributed by atoms with Crippen LogP contribution in [-0.4, -0.2) is 20.5 Å². The molecule has 0 aromatic carbocycles. The number of sulfonamides is 1. The first-order valence-corrected chi connectivity index (χ1v) is 8.64. The molecule has 1 aliphatic rings. The third kappa shape index (κ3) is 3.24. The van der Waals surface area contributed by atoms with E-state index in [9.17, 15) is 8.42 Å². The number of furan rings is 1. The van der Waals surface area contributed by atoms with Crippen LogP contribution in [0.3, 0.4) is 0 Å². The monoisotopic (exact) mass is 300 g/mol. The van der Waals surface area contributed by atoms with Crippen molar-refractivity contribution in [3.8, 4) is 0 Å². The molecule has 0 bridgehead atoms. The van der Waals surface area contributed by atoms with Crippen LogP contribution in [0.25, 0.3) is 0 Å². The smallest absolute Gasteiger partial charge is 0.244 e. The molecular formula is C14H24N2O3S. The van der Waals surface area contributed by atoms with Gasteiger partial charge in [0, 0.05) is 24.2 Å². The van der Waals surface area contributed by atoms with Crippen molar-refractivity contribution >= 4 is 10.0 Å². The van der Waals surface area contributed by atoms with Crippen LogP contribution < -0.4 is 10.0 Å². The Morgan fingerprint density at radius 1 is 1.25 bits per heavy atom. The van der Waals surface area contributed by atoms with Crippen LogP contribution in [0, 0.1) is 13.8 Å². The molecule has 6 heteroatoms. The summed E-state index contributed by atoms with van der Waals surface area (Å²) < 4.78 is 33.4. The van der Waals surface area contributed by atoms with Crippen LogP contribution in [0.1, 0.15) is 50.2 Å². The molecule has 0 radical (unpaired) electrons. The molecule has 2 N–H and O–H groups in total. The Bertz CT molecular complexity index is 571. The predicted octanol–water partition coefficient (Wildman–Crippen LogP) is 2.23. The summed E-state index contributed by atoms with van der Waals surface area (Å²) in [4.78, 5) is 0.315. The highest BCUT2D eigenvalue weighted by Crippen LogP contribution is 2.28. The highest BCUT2D eigenvalue weighted by molar-refractivity contribution is 7.89. The van der Waals surface area contributed by atoms with Crippen molar-refractivity contribution in [1.82, 2.24) is 10.0 Å². The normalized spacial score (nSPS) is 16.6. The fourth-order valence-corrected chi connectivity index (χ4v) is 4.13. The summed E-state index contributed by atoms with van der Waals surface area (Å²) in [7, 11) is -3.49. The average Bonchev–Trinajstić information content (AvgIpc) is 2.56. The zero-order valence-corrected chi connectivity index (χ0v) is 13.4. The third-order valence-corrected chi connectivity index (χ3v) is 5.42. The van der Waals surface area contributed by atoms with Crippen LogP contribution in [0.15, 0.2) is 9.31 Å². The molecule has 1 saturated carbocycles. The van der Waals surface area contributed by atoms with E-state index in [2.05, 4.69) is 10.0 Å². The minimum absolute atomic E-state index is 0.0838. The third-order valence-electron chi connectivity index (χ3n) is 3.71. The summed E-state index contributed by atoms with van der Waals surface area (Å²) in [6.07, 6.45) is 2.95. The van der Waals surface area contributed by atoms with Crippen molar-refractivity contribution in [3.63, 3.8) is 0 Å². The Kier molecular flexibility index (Phi) is 4.56. The van der Waals surface area contributed by atoms with E-state index >= 15 is 0 Å². The standard InChI is InChI=1S/C14H24N2O3S/c1-9(2)15-8-13-10(3)19-11(4)14(13)20(17,18)16-12-6-5-7-12/h9,12,15-16H,5-8H2,1-4H3. The summed E-state index contributed by atoms with van der Waals surface area (Å²) >= 11 is 0. The van der Waals surface area contributed by atoms with Gasteiger partial charge in [-0.3, -0.25) is 0 Å². The molecule has 114 valence electrons.